The lowest BCUT2D eigenvalue weighted by molar-refractivity contribution is -0.146. The van der Waals surface area contributed by atoms with Crippen molar-refractivity contribution in [2.75, 3.05) is 5.73 Å². The lowest BCUT2D eigenvalue weighted by Crippen LogP contribution is -2.09. The van der Waals surface area contributed by atoms with Gasteiger partial charge in [0, 0.05) is 23.2 Å². The number of rotatable bonds is 2. The minimum absolute atomic E-state index is 0. The van der Waals surface area contributed by atoms with Crippen molar-refractivity contribution in [2.45, 2.75) is 33.3 Å². The summed E-state index contributed by atoms with van der Waals surface area (Å²) in [5, 5.41) is 0. The van der Waals surface area contributed by atoms with Crippen LogP contribution in [0.2, 0.25) is 0 Å². The predicted molar refractivity (Wildman–Crippen MR) is 68.6 cm³/mol. The van der Waals surface area contributed by atoms with Gasteiger partial charge in [-0.2, -0.15) is 0 Å². The minimum Gasteiger partial charge on any atom is -0.463 e. The van der Waals surface area contributed by atoms with Gasteiger partial charge in [-0.3, -0.25) is 4.79 Å². The van der Waals surface area contributed by atoms with Crippen LogP contribution < -0.4 is 5.73 Å². The highest BCUT2D eigenvalue weighted by Gasteiger charge is 2.18. The van der Waals surface area contributed by atoms with Gasteiger partial charge < -0.3 is 10.5 Å². The Labute approximate surface area is 102 Å². The fourth-order valence-electron chi connectivity index (χ4n) is 1.18. The van der Waals surface area contributed by atoms with Crippen LogP contribution in [0.3, 0.4) is 0 Å². The number of hydrogen-bond donors (Lipinski definition) is 1. The molecule has 16 heavy (non-hydrogen) atoms. The van der Waals surface area contributed by atoms with Crippen LogP contribution in [0, 0.1) is 0 Å². The molecular weight excluding hydrogens is 226 g/mol. The number of para-hydroxylation sites is 1. The summed E-state index contributed by atoms with van der Waals surface area (Å²) in [6.07, 6.45) is 0.500. The first-order valence-electron chi connectivity index (χ1n) is 5.14. The monoisotopic (exact) mass is 243 g/mol. The third kappa shape index (κ3) is 4.11. The highest BCUT2D eigenvalue weighted by molar-refractivity contribution is 6.02. The smallest absolute Gasteiger partial charge is 0.305 e. The molecule has 4 heteroatoms. The molecule has 0 radical (unpaired) electrons. The third-order valence-electron chi connectivity index (χ3n) is 1.99. The maximum absolute atomic E-state index is 10.4. The van der Waals surface area contributed by atoms with Gasteiger partial charge >= 0.3 is 5.97 Å². The molecule has 3 nitrogen and oxygen atoms in total. The van der Waals surface area contributed by atoms with E-state index >= 15 is 0 Å². The van der Waals surface area contributed by atoms with E-state index in [1.807, 2.05) is 32.0 Å². The molecule has 0 heterocycles. The van der Waals surface area contributed by atoms with Gasteiger partial charge in [-0.05, 0) is 13.8 Å². The maximum Gasteiger partial charge on any atom is 0.305 e. The highest BCUT2D eigenvalue weighted by atomic mass is 35.5. The van der Waals surface area contributed by atoms with Crippen molar-refractivity contribution in [3.05, 3.63) is 18.2 Å². The molecule has 0 aromatic rings. The minimum atomic E-state index is -0.125. The second-order valence-corrected chi connectivity index (χ2v) is 3.66. The summed E-state index contributed by atoms with van der Waals surface area (Å²) >= 11 is 0. The summed E-state index contributed by atoms with van der Waals surface area (Å²) in [7, 11) is 0. The van der Waals surface area contributed by atoms with Gasteiger partial charge in [0.05, 0.1) is 6.10 Å². The van der Waals surface area contributed by atoms with Crippen LogP contribution in [0.1, 0.15) is 27.2 Å². The maximum atomic E-state index is 10.4. The lowest BCUT2D eigenvalue weighted by Gasteiger charge is -2.04. The van der Waals surface area contributed by atoms with Crippen LogP contribution in [0.4, 0.5) is 5.69 Å². The van der Waals surface area contributed by atoms with E-state index in [1.54, 1.807) is 6.92 Å². The third-order valence-corrected chi connectivity index (χ3v) is 1.99. The summed E-state index contributed by atoms with van der Waals surface area (Å²) in [5.41, 5.74) is 8.92. The number of nitrogen functional groups attached to an aromatic ring is 1. The Hall–Kier alpha value is -1.22. The van der Waals surface area contributed by atoms with Crippen LogP contribution >= 0.6 is 12.4 Å². The number of carbonyl (C=O) groups excluding carboxylic acids is 1. The van der Waals surface area contributed by atoms with Crippen molar-refractivity contribution >= 4 is 24.1 Å². The molecule has 2 N–H and O–H groups in total. The number of ether oxygens (including phenoxy) is 1. The molecule has 90 valence electrons. The van der Waals surface area contributed by atoms with Crippen molar-refractivity contribution in [3.8, 4) is 11.1 Å². The number of carbonyl (C=O) groups is 1. The Kier molecular flexibility index (Phi) is 5.89. The van der Waals surface area contributed by atoms with Crippen LogP contribution in [-0.4, -0.2) is 12.1 Å². The van der Waals surface area contributed by atoms with Gasteiger partial charge in [0.15, 0.2) is 0 Å². The van der Waals surface area contributed by atoms with Crippen LogP contribution in [0.5, 0.6) is 0 Å². The van der Waals surface area contributed by atoms with E-state index in [9.17, 15) is 4.79 Å². The molecule has 0 aromatic heterocycles. The number of benzene rings is 1. The Morgan fingerprint density at radius 1 is 1.38 bits per heavy atom. The van der Waals surface area contributed by atoms with Crippen molar-refractivity contribution in [1.82, 2.24) is 0 Å². The molecule has 0 bridgehead atoms. The van der Waals surface area contributed by atoms with Gasteiger partial charge in [-0.1, -0.05) is 25.1 Å². The Balaban J connectivity index is 0.000000265. The second kappa shape index (κ2) is 6.38. The second-order valence-electron chi connectivity index (χ2n) is 3.66. The Morgan fingerprint density at radius 3 is 2.06 bits per heavy atom. The zero-order chi connectivity index (χ0) is 11.4. The summed E-state index contributed by atoms with van der Waals surface area (Å²) in [6.45, 7) is 5.46. The summed E-state index contributed by atoms with van der Waals surface area (Å²) in [6, 6.07) is 6.08. The molecule has 0 saturated heterocycles. The standard InChI is InChI=1S/C6H5N.C6H12O2.ClH/c7-6-4-2-1-3-5(4)6;1-4-6(7)8-5(2)3;/h1-3H,7H2;5H,4H2,1-3H3;1H. The molecule has 0 atom stereocenters. The van der Waals surface area contributed by atoms with Crippen LogP contribution in [0.25, 0.3) is 11.1 Å². The first-order valence-corrected chi connectivity index (χ1v) is 5.14. The van der Waals surface area contributed by atoms with E-state index < -0.39 is 0 Å². The number of nitrogens with two attached hydrogens (primary N) is 1. The quantitative estimate of drug-likeness (QED) is 0.652. The lowest BCUT2D eigenvalue weighted by atomic mass is 10.4. The largest absolute Gasteiger partial charge is 0.463 e. The van der Waals surface area contributed by atoms with Crippen molar-refractivity contribution in [1.29, 1.82) is 0 Å². The molecule has 2 aliphatic carbocycles. The number of fused-ring (bicyclic) bond motifs is 1. The van der Waals surface area contributed by atoms with Gasteiger partial charge in [-0.25, -0.2) is 0 Å². The van der Waals surface area contributed by atoms with Gasteiger partial charge in [0.25, 0.3) is 0 Å². The summed E-state index contributed by atoms with van der Waals surface area (Å²) in [5.74, 6) is -0.125. The van der Waals surface area contributed by atoms with Gasteiger partial charge in [0.2, 0.25) is 0 Å². The predicted octanol–water partition coefficient (Wildman–Crippen LogP) is 3.02. The highest BCUT2D eigenvalue weighted by Crippen LogP contribution is 2.45. The molecule has 2 aliphatic rings. The average Bonchev–Trinajstić information content (AvgIpc) is 2.67. The van der Waals surface area contributed by atoms with E-state index in [0.29, 0.717) is 6.42 Å². The SMILES string of the molecule is CCC(=O)OC(C)C.Cl.Nc1c2cccc1-2. The zero-order valence-electron chi connectivity index (χ0n) is 9.82. The Bertz CT molecular complexity index is 344. The van der Waals surface area contributed by atoms with Crippen LogP contribution in [0.15, 0.2) is 18.2 Å². The molecule has 0 amide bonds. The molecule has 0 saturated carbocycles. The van der Waals surface area contributed by atoms with E-state index in [2.05, 4.69) is 0 Å². The summed E-state index contributed by atoms with van der Waals surface area (Å²) < 4.78 is 4.76. The van der Waals surface area contributed by atoms with Gasteiger partial charge in [0.1, 0.15) is 0 Å². The summed E-state index contributed by atoms with van der Waals surface area (Å²) in [4.78, 5) is 10.4. The normalized spacial score (nSPS) is 9.75. The molecular formula is C12H18ClNO2. The van der Waals surface area contributed by atoms with Crippen molar-refractivity contribution in [3.63, 3.8) is 0 Å². The fraction of sp³-hybridized carbons (Fsp3) is 0.417. The van der Waals surface area contributed by atoms with E-state index in [1.165, 1.54) is 11.1 Å². The van der Waals surface area contributed by atoms with Crippen molar-refractivity contribution in [2.24, 2.45) is 0 Å². The molecule has 2 rings (SSSR count). The Morgan fingerprint density at radius 2 is 1.88 bits per heavy atom. The fourth-order valence-corrected chi connectivity index (χ4v) is 1.18. The molecule has 0 fully saturated rings. The first-order chi connectivity index (χ1) is 7.06. The molecule has 0 aliphatic heterocycles. The average molecular weight is 244 g/mol. The number of hydrogen-bond acceptors (Lipinski definition) is 3. The van der Waals surface area contributed by atoms with E-state index in [0.717, 1.165) is 5.69 Å². The molecule has 0 unspecified atom stereocenters. The zero-order valence-corrected chi connectivity index (χ0v) is 10.6. The first kappa shape index (κ1) is 14.8. The number of halogens is 1. The number of anilines is 1. The molecule has 0 spiro atoms. The molecule has 0 aromatic carbocycles. The van der Waals surface area contributed by atoms with Crippen molar-refractivity contribution < 1.29 is 9.53 Å². The number of esters is 1. The van der Waals surface area contributed by atoms with Gasteiger partial charge in [-0.15, -0.1) is 12.4 Å². The van der Waals surface area contributed by atoms with Crippen LogP contribution in [-0.2, 0) is 9.53 Å². The van der Waals surface area contributed by atoms with E-state index in [4.69, 9.17) is 10.5 Å². The van der Waals surface area contributed by atoms with E-state index in [-0.39, 0.29) is 24.5 Å². The topological polar surface area (TPSA) is 52.3 Å².